The molecule has 7 nitrogen and oxygen atoms in total. The number of amides is 1. The van der Waals surface area contributed by atoms with Crippen molar-refractivity contribution in [3.63, 3.8) is 0 Å². The number of hydrogen-bond donors (Lipinski definition) is 2. The minimum Gasteiger partial charge on any atom is -0.496 e. The van der Waals surface area contributed by atoms with Gasteiger partial charge in [-0.2, -0.15) is 9.78 Å². The van der Waals surface area contributed by atoms with Crippen LogP contribution in [0.25, 0.3) is 17.0 Å². The van der Waals surface area contributed by atoms with Crippen molar-refractivity contribution in [2.24, 2.45) is 0 Å². The molecule has 0 saturated heterocycles. The third-order valence-corrected chi connectivity index (χ3v) is 5.74. The molecule has 1 atom stereocenters. The summed E-state index contributed by atoms with van der Waals surface area (Å²) in [5, 5.41) is 7.69. The van der Waals surface area contributed by atoms with E-state index in [1.165, 1.54) is 0 Å². The van der Waals surface area contributed by atoms with Gasteiger partial charge in [0, 0.05) is 27.9 Å². The average Bonchev–Trinajstić information content (AvgIpc) is 3.28. The summed E-state index contributed by atoms with van der Waals surface area (Å²) in [6.07, 6.45) is 0.326. The summed E-state index contributed by atoms with van der Waals surface area (Å²) in [5.41, 5.74) is 4.52. The standard InChI is InChI=1S/C21H18BrN5O2/c1-11-19-14(13-9-12(22)7-8-17(13)29-2)10-18(28)25-20(19)27(26-11)21-23-15-5-3-4-6-16(15)24-21/h3-9,14H,10H2,1-2H3,(H,23,24)(H,25,28)/t14-/m1/s1. The van der Waals surface area contributed by atoms with E-state index in [0.717, 1.165) is 38.1 Å². The molecule has 1 aliphatic rings. The molecule has 0 spiro atoms. The van der Waals surface area contributed by atoms with Crippen LogP contribution in [0.5, 0.6) is 5.75 Å². The highest BCUT2D eigenvalue weighted by molar-refractivity contribution is 9.10. The van der Waals surface area contributed by atoms with E-state index in [0.29, 0.717) is 18.2 Å². The van der Waals surface area contributed by atoms with Gasteiger partial charge in [-0.05, 0) is 37.3 Å². The number of imidazole rings is 1. The second-order valence-corrected chi connectivity index (χ2v) is 7.94. The fourth-order valence-electron chi connectivity index (χ4n) is 3.98. The van der Waals surface area contributed by atoms with E-state index in [9.17, 15) is 4.79 Å². The number of hydrogen-bond acceptors (Lipinski definition) is 4. The van der Waals surface area contributed by atoms with E-state index in [-0.39, 0.29) is 11.8 Å². The first-order valence-electron chi connectivity index (χ1n) is 9.23. The smallest absolute Gasteiger partial charge is 0.231 e. The monoisotopic (exact) mass is 451 g/mol. The van der Waals surface area contributed by atoms with Crippen LogP contribution in [0.1, 0.15) is 29.2 Å². The molecular formula is C21H18BrN5O2. The van der Waals surface area contributed by atoms with Crippen molar-refractivity contribution in [1.29, 1.82) is 0 Å². The number of methoxy groups -OCH3 is 1. The number of nitrogens with one attached hydrogen (secondary N) is 2. The summed E-state index contributed by atoms with van der Waals surface area (Å²) in [7, 11) is 1.64. The zero-order valence-corrected chi connectivity index (χ0v) is 17.4. The quantitative estimate of drug-likeness (QED) is 0.486. The zero-order chi connectivity index (χ0) is 20.1. The van der Waals surface area contributed by atoms with Gasteiger partial charge in [-0.3, -0.25) is 4.79 Å². The van der Waals surface area contributed by atoms with Gasteiger partial charge in [-0.1, -0.05) is 28.1 Å². The first-order valence-corrected chi connectivity index (χ1v) is 10.0. The Balaban J connectivity index is 1.70. The number of aromatic amines is 1. The van der Waals surface area contributed by atoms with Crippen molar-refractivity contribution >= 4 is 38.7 Å². The largest absolute Gasteiger partial charge is 0.496 e. The van der Waals surface area contributed by atoms with Gasteiger partial charge in [-0.15, -0.1) is 0 Å². The Bertz CT molecular complexity index is 1230. The molecule has 2 N–H and O–H groups in total. The number of carbonyl (C=O) groups is 1. The van der Waals surface area contributed by atoms with Crippen molar-refractivity contribution in [2.75, 3.05) is 12.4 Å². The molecule has 0 fully saturated rings. The number of nitrogens with zero attached hydrogens (tertiary/aromatic N) is 3. The first kappa shape index (κ1) is 17.9. The highest BCUT2D eigenvalue weighted by atomic mass is 79.9. The minimum absolute atomic E-state index is 0.0678. The molecule has 0 aliphatic carbocycles. The van der Waals surface area contributed by atoms with Gasteiger partial charge in [0.2, 0.25) is 11.9 Å². The number of benzene rings is 2. The first-order chi connectivity index (χ1) is 14.0. The summed E-state index contributed by atoms with van der Waals surface area (Å²) >= 11 is 3.54. The predicted octanol–water partition coefficient (Wildman–Crippen LogP) is 4.30. The van der Waals surface area contributed by atoms with Gasteiger partial charge in [0.05, 0.1) is 23.8 Å². The van der Waals surface area contributed by atoms with Gasteiger partial charge < -0.3 is 15.0 Å². The molecule has 1 aliphatic heterocycles. The SMILES string of the molecule is COc1ccc(Br)cc1[C@H]1CC(=O)Nc2c1c(C)nn2-c1nc2ccccc2[nH]1. The van der Waals surface area contributed by atoms with Gasteiger partial charge in [0.1, 0.15) is 11.6 Å². The Labute approximate surface area is 175 Å². The predicted molar refractivity (Wildman–Crippen MR) is 114 cm³/mol. The summed E-state index contributed by atoms with van der Waals surface area (Å²) in [6.45, 7) is 1.95. The highest BCUT2D eigenvalue weighted by Gasteiger charge is 2.34. The second kappa shape index (κ2) is 6.73. The van der Waals surface area contributed by atoms with Crippen LogP contribution < -0.4 is 10.1 Å². The molecular weight excluding hydrogens is 434 g/mol. The lowest BCUT2D eigenvalue weighted by Crippen LogP contribution is -2.25. The molecule has 0 radical (unpaired) electrons. The Morgan fingerprint density at radius 1 is 1.24 bits per heavy atom. The molecule has 146 valence electrons. The van der Waals surface area contributed by atoms with Gasteiger partial charge >= 0.3 is 0 Å². The van der Waals surface area contributed by atoms with Gasteiger partial charge in [0.15, 0.2) is 0 Å². The van der Waals surface area contributed by atoms with Crippen molar-refractivity contribution in [3.05, 3.63) is 63.8 Å². The van der Waals surface area contributed by atoms with E-state index < -0.39 is 0 Å². The third-order valence-electron chi connectivity index (χ3n) is 5.25. The van der Waals surface area contributed by atoms with E-state index in [1.807, 2.05) is 49.4 Å². The normalized spacial score (nSPS) is 16.0. The molecule has 0 bridgehead atoms. The highest BCUT2D eigenvalue weighted by Crippen LogP contribution is 2.43. The number of aryl methyl sites for hydroxylation is 1. The average molecular weight is 452 g/mol. The topological polar surface area (TPSA) is 84.8 Å². The molecule has 5 rings (SSSR count). The molecule has 0 unspecified atom stereocenters. The van der Waals surface area contributed by atoms with Crippen LogP contribution in [0, 0.1) is 6.92 Å². The number of fused-ring (bicyclic) bond motifs is 2. The number of H-pyrrole nitrogens is 1. The molecule has 29 heavy (non-hydrogen) atoms. The van der Waals surface area contributed by atoms with E-state index in [2.05, 4.69) is 31.2 Å². The van der Waals surface area contributed by atoms with Crippen molar-refractivity contribution in [2.45, 2.75) is 19.3 Å². The van der Waals surface area contributed by atoms with Gasteiger partial charge in [0.25, 0.3) is 0 Å². The third kappa shape index (κ3) is 2.91. The van der Waals surface area contributed by atoms with Crippen molar-refractivity contribution in [1.82, 2.24) is 19.7 Å². The number of ether oxygens (including phenoxy) is 1. The van der Waals surface area contributed by atoms with Crippen LogP contribution in [-0.2, 0) is 4.79 Å². The Hall–Kier alpha value is -3.13. The van der Waals surface area contributed by atoms with Crippen molar-refractivity contribution < 1.29 is 9.53 Å². The molecule has 8 heteroatoms. The van der Waals surface area contributed by atoms with Crippen LogP contribution in [0.3, 0.4) is 0 Å². The number of anilines is 1. The Morgan fingerprint density at radius 2 is 2.07 bits per heavy atom. The molecule has 2 aromatic heterocycles. The number of para-hydroxylation sites is 2. The van der Waals surface area contributed by atoms with E-state index in [4.69, 9.17) is 9.84 Å². The molecule has 0 saturated carbocycles. The number of rotatable bonds is 3. The minimum atomic E-state index is -0.163. The van der Waals surface area contributed by atoms with Crippen LogP contribution in [0.4, 0.5) is 5.82 Å². The van der Waals surface area contributed by atoms with E-state index >= 15 is 0 Å². The van der Waals surface area contributed by atoms with Crippen molar-refractivity contribution in [3.8, 4) is 11.7 Å². The lowest BCUT2D eigenvalue weighted by molar-refractivity contribution is -0.116. The second-order valence-electron chi connectivity index (χ2n) is 7.03. The Morgan fingerprint density at radius 3 is 2.86 bits per heavy atom. The van der Waals surface area contributed by atoms with Gasteiger partial charge in [-0.25, -0.2) is 4.98 Å². The molecule has 4 aromatic rings. The summed E-state index contributed by atoms with van der Waals surface area (Å²) in [6, 6.07) is 13.6. The number of halogens is 1. The fraction of sp³-hybridized carbons (Fsp3) is 0.190. The molecule has 1 amide bonds. The summed E-state index contributed by atoms with van der Waals surface area (Å²) in [5.74, 6) is 1.73. The summed E-state index contributed by atoms with van der Waals surface area (Å²) in [4.78, 5) is 20.5. The van der Waals surface area contributed by atoms with Crippen LogP contribution in [0.2, 0.25) is 0 Å². The Kier molecular flexibility index (Phi) is 4.16. The van der Waals surface area contributed by atoms with Crippen LogP contribution in [0.15, 0.2) is 46.9 Å². The number of aromatic nitrogens is 4. The lowest BCUT2D eigenvalue weighted by atomic mass is 9.85. The zero-order valence-electron chi connectivity index (χ0n) is 15.9. The summed E-state index contributed by atoms with van der Waals surface area (Å²) < 4.78 is 8.19. The van der Waals surface area contributed by atoms with Crippen LogP contribution >= 0.6 is 15.9 Å². The van der Waals surface area contributed by atoms with Crippen LogP contribution in [-0.4, -0.2) is 32.8 Å². The maximum absolute atomic E-state index is 12.6. The maximum Gasteiger partial charge on any atom is 0.231 e. The van der Waals surface area contributed by atoms with E-state index in [1.54, 1.807) is 11.8 Å². The number of carbonyl (C=O) groups excluding carboxylic acids is 1. The fourth-order valence-corrected chi connectivity index (χ4v) is 4.36. The molecule has 2 aromatic carbocycles. The molecule has 3 heterocycles. The lowest BCUT2D eigenvalue weighted by Gasteiger charge is -2.25. The maximum atomic E-state index is 12.6.